The predicted octanol–water partition coefficient (Wildman–Crippen LogP) is 5.28. The molecular formula is C22H34O3. The molecule has 0 radical (unpaired) electrons. The fourth-order valence-electron chi connectivity index (χ4n) is 2.94. The average molecular weight is 347 g/mol. The van der Waals surface area contributed by atoms with E-state index in [0.29, 0.717) is 18.9 Å². The van der Waals surface area contributed by atoms with E-state index in [2.05, 4.69) is 38.7 Å². The maximum atomic E-state index is 11.1. The average Bonchev–Trinajstić information content (AvgIpc) is 2.54. The molecule has 3 nitrogen and oxygen atoms in total. The van der Waals surface area contributed by atoms with Crippen molar-refractivity contribution in [3.63, 3.8) is 0 Å². The topological polar surface area (TPSA) is 46.5 Å². The van der Waals surface area contributed by atoms with Crippen LogP contribution in [0.5, 0.6) is 0 Å². The number of rotatable bonds is 3. The minimum atomic E-state index is -0.450. The van der Waals surface area contributed by atoms with Gasteiger partial charge in [-0.15, -0.1) is 0 Å². The fourth-order valence-corrected chi connectivity index (χ4v) is 2.94. The van der Waals surface area contributed by atoms with Crippen LogP contribution in [0.4, 0.5) is 0 Å². The van der Waals surface area contributed by atoms with Gasteiger partial charge in [0.15, 0.2) is 0 Å². The van der Waals surface area contributed by atoms with Crippen LogP contribution in [0.1, 0.15) is 66.2 Å². The number of allylic oxidation sites excluding steroid dienone is 5. The molecule has 1 aliphatic carbocycles. The lowest BCUT2D eigenvalue weighted by Crippen LogP contribution is -2.11. The van der Waals surface area contributed by atoms with Gasteiger partial charge in [0.2, 0.25) is 0 Å². The van der Waals surface area contributed by atoms with Crippen LogP contribution in [0.15, 0.2) is 47.1 Å². The molecule has 0 aromatic carbocycles. The predicted molar refractivity (Wildman–Crippen MR) is 104 cm³/mol. The second-order valence-corrected chi connectivity index (χ2v) is 7.25. The molecule has 0 saturated heterocycles. The van der Waals surface area contributed by atoms with Gasteiger partial charge in [0.25, 0.3) is 0 Å². The maximum Gasteiger partial charge on any atom is 0.302 e. The number of hydrogen-bond donors (Lipinski definition) is 1. The lowest BCUT2D eigenvalue weighted by Gasteiger charge is -2.18. The summed E-state index contributed by atoms with van der Waals surface area (Å²) in [6.45, 7) is 12.1. The number of hydrogen-bond acceptors (Lipinski definition) is 3. The van der Waals surface area contributed by atoms with Crippen LogP contribution in [-0.4, -0.2) is 23.8 Å². The summed E-state index contributed by atoms with van der Waals surface area (Å²) >= 11 is 0. The molecule has 25 heavy (non-hydrogen) atoms. The highest BCUT2D eigenvalue weighted by Gasteiger charge is 2.12. The molecule has 0 aliphatic heterocycles. The SMILES string of the molecule is C=C(C)[C@@H]1CC=C(COC(C)=O)CC[C@@H](O)/C(C)=C\C/C=C(\C)CC1. The van der Waals surface area contributed by atoms with Crippen molar-refractivity contribution in [1.29, 1.82) is 0 Å². The van der Waals surface area contributed by atoms with Crippen molar-refractivity contribution in [3.8, 4) is 0 Å². The first-order valence-electron chi connectivity index (χ1n) is 9.26. The highest BCUT2D eigenvalue weighted by Crippen LogP contribution is 2.25. The van der Waals surface area contributed by atoms with E-state index < -0.39 is 6.10 Å². The number of esters is 1. The summed E-state index contributed by atoms with van der Waals surface area (Å²) in [6.07, 6.45) is 11.4. The highest BCUT2D eigenvalue weighted by atomic mass is 16.5. The molecule has 0 saturated carbocycles. The fraction of sp³-hybridized carbons (Fsp3) is 0.591. The van der Waals surface area contributed by atoms with E-state index in [4.69, 9.17) is 4.74 Å². The Balaban J connectivity index is 2.96. The number of carbonyl (C=O) groups excluding carboxylic acids is 1. The van der Waals surface area contributed by atoms with Crippen LogP contribution in [0.2, 0.25) is 0 Å². The third-order valence-corrected chi connectivity index (χ3v) is 4.91. The first-order valence-corrected chi connectivity index (χ1v) is 9.26. The van der Waals surface area contributed by atoms with Crippen LogP contribution in [0, 0.1) is 5.92 Å². The standard InChI is InChI=1S/C22H34O3/c1-16(2)21-12-9-17(3)7-6-8-18(4)22(24)14-11-20(10-13-21)15-25-19(5)23/h7-8,10,21-22,24H,1,6,9,11-15H2,2-5H3/b17-7+,18-8-,20-10?/t21-,22+/m0/s1. The van der Waals surface area contributed by atoms with Gasteiger partial charge in [0.1, 0.15) is 6.61 Å². The monoisotopic (exact) mass is 346 g/mol. The van der Waals surface area contributed by atoms with Crippen LogP contribution < -0.4 is 0 Å². The van der Waals surface area contributed by atoms with E-state index in [-0.39, 0.29) is 5.97 Å². The summed E-state index contributed by atoms with van der Waals surface area (Å²) in [5, 5.41) is 10.4. The van der Waals surface area contributed by atoms with Crippen molar-refractivity contribution in [2.75, 3.05) is 6.61 Å². The lowest BCUT2D eigenvalue weighted by atomic mass is 9.89. The Morgan fingerprint density at radius 3 is 2.56 bits per heavy atom. The van der Waals surface area contributed by atoms with Crippen molar-refractivity contribution < 1.29 is 14.6 Å². The van der Waals surface area contributed by atoms with Crippen LogP contribution >= 0.6 is 0 Å². The quantitative estimate of drug-likeness (QED) is 0.559. The molecule has 0 aromatic rings. The Kier molecular flexibility index (Phi) is 9.51. The third kappa shape index (κ3) is 8.87. The summed E-state index contributed by atoms with van der Waals surface area (Å²) in [6, 6.07) is 0. The van der Waals surface area contributed by atoms with Crippen LogP contribution in [0.25, 0.3) is 0 Å². The van der Waals surface area contributed by atoms with Gasteiger partial charge in [0, 0.05) is 6.92 Å². The van der Waals surface area contributed by atoms with E-state index in [1.165, 1.54) is 18.1 Å². The van der Waals surface area contributed by atoms with Gasteiger partial charge in [-0.25, -0.2) is 0 Å². The number of carbonyl (C=O) groups is 1. The summed E-state index contributed by atoms with van der Waals surface area (Å²) in [5.41, 5.74) is 4.66. The van der Waals surface area contributed by atoms with Crippen molar-refractivity contribution >= 4 is 5.97 Å². The Morgan fingerprint density at radius 2 is 1.92 bits per heavy atom. The lowest BCUT2D eigenvalue weighted by molar-refractivity contribution is -0.140. The van der Waals surface area contributed by atoms with Gasteiger partial charge in [-0.2, -0.15) is 0 Å². The van der Waals surface area contributed by atoms with E-state index in [1.807, 2.05) is 6.92 Å². The smallest absolute Gasteiger partial charge is 0.302 e. The minimum absolute atomic E-state index is 0.269. The van der Waals surface area contributed by atoms with Crippen molar-refractivity contribution in [2.24, 2.45) is 5.92 Å². The second-order valence-electron chi connectivity index (χ2n) is 7.25. The van der Waals surface area contributed by atoms with Gasteiger partial charge in [0.05, 0.1) is 6.10 Å². The van der Waals surface area contributed by atoms with Crippen molar-refractivity contribution in [3.05, 3.63) is 47.1 Å². The number of aliphatic hydroxyl groups excluding tert-OH is 1. The zero-order valence-electron chi connectivity index (χ0n) is 16.3. The molecule has 0 spiro atoms. The van der Waals surface area contributed by atoms with Gasteiger partial charge in [-0.3, -0.25) is 4.79 Å². The first-order chi connectivity index (χ1) is 11.8. The largest absolute Gasteiger partial charge is 0.461 e. The van der Waals surface area contributed by atoms with Crippen molar-refractivity contribution in [1.82, 2.24) is 0 Å². The van der Waals surface area contributed by atoms with Gasteiger partial charge in [-0.05, 0) is 76.4 Å². The van der Waals surface area contributed by atoms with Crippen molar-refractivity contribution in [2.45, 2.75) is 72.3 Å². The molecule has 0 aromatic heterocycles. The van der Waals surface area contributed by atoms with E-state index in [0.717, 1.165) is 43.3 Å². The molecule has 3 heteroatoms. The Hall–Kier alpha value is -1.61. The normalized spacial score (nSPS) is 27.8. The molecule has 0 unspecified atom stereocenters. The van der Waals surface area contributed by atoms with E-state index in [1.54, 1.807) is 0 Å². The third-order valence-electron chi connectivity index (χ3n) is 4.91. The maximum absolute atomic E-state index is 11.1. The number of aliphatic hydroxyl groups is 1. The van der Waals surface area contributed by atoms with Gasteiger partial charge < -0.3 is 9.84 Å². The summed E-state index contributed by atoms with van der Waals surface area (Å²) in [7, 11) is 0. The molecule has 0 amide bonds. The Bertz CT molecular complexity index is 552. The number of ether oxygens (including phenoxy) is 1. The molecule has 1 N–H and O–H groups in total. The Morgan fingerprint density at radius 1 is 1.20 bits per heavy atom. The minimum Gasteiger partial charge on any atom is -0.461 e. The van der Waals surface area contributed by atoms with Crippen LogP contribution in [0.3, 0.4) is 0 Å². The molecule has 1 rings (SSSR count). The van der Waals surface area contributed by atoms with E-state index in [9.17, 15) is 9.90 Å². The molecule has 1 aliphatic rings. The van der Waals surface area contributed by atoms with Gasteiger partial charge >= 0.3 is 5.97 Å². The Labute approximate surface area is 153 Å². The summed E-state index contributed by atoms with van der Waals surface area (Å²) in [4.78, 5) is 11.1. The molecule has 0 bridgehead atoms. The first kappa shape index (κ1) is 21.4. The van der Waals surface area contributed by atoms with E-state index >= 15 is 0 Å². The highest BCUT2D eigenvalue weighted by molar-refractivity contribution is 5.66. The molecular weight excluding hydrogens is 312 g/mol. The second kappa shape index (κ2) is 11.1. The zero-order chi connectivity index (χ0) is 18.8. The van der Waals surface area contributed by atoms with Crippen LogP contribution in [-0.2, 0) is 9.53 Å². The molecule has 0 heterocycles. The summed E-state index contributed by atoms with van der Waals surface area (Å²) in [5.74, 6) is 0.162. The molecule has 2 atom stereocenters. The zero-order valence-corrected chi connectivity index (χ0v) is 16.3. The molecule has 0 fully saturated rings. The summed E-state index contributed by atoms with van der Waals surface area (Å²) < 4.78 is 5.19. The van der Waals surface area contributed by atoms with Gasteiger partial charge in [-0.1, -0.05) is 36.0 Å². The molecule has 140 valence electrons.